The van der Waals surface area contributed by atoms with Crippen LogP contribution in [-0.4, -0.2) is 23.8 Å². The minimum Gasteiger partial charge on any atom is -0.386 e. The number of aliphatic hydroxyl groups is 1. The first kappa shape index (κ1) is 10.5. The van der Waals surface area contributed by atoms with Crippen molar-refractivity contribution in [2.24, 2.45) is 0 Å². The van der Waals surface area contributed by atoms with Gasteiger partial charge in [-0.3, -0.25) is 0 Å². The zero-order valence-corrected chi connectivity index (χ0v) is 9.95. The monoisotopic (exact) mass is 266 g/mol. The molecule has 3 nitrogen and oxygen atoms in total. The molecule has 15 heavy (non-hydrogen) atoms. The molecule has 0 bridgehead atoms. The van der Waals surface area contributed by atoms with E-state index in [1.165, 1.54) is 0 Å². The van der Waals surface area contributed by atoms with Crippen molar-refractivity contribution < 1.29 is 5.11 Å². The van der Waals surface area contributed by atoms with Crippen LogP contribution in [0.25, 0.3) is 0 Å². The molecule has 1 aromatic carbocycles. The third kappa shape index (κ3) is 1.99. The van der Waals surface area contributed by atoms with E-state index < -0.39 is 5.60 Å². The molecule has 0 aliphatic carbocycles. The fourth-order valence-electron chi connectivity index (χ4n) is 1.75. The predicted molar refractivity (Wildman–Crippen MR) is 61.7 cm³/mol. The van der Waals surface area contributed by atoms with Crippen LogP contribution >= 0.6 is 15.9 Å². The average molecular weight is 267 g/mol. The molecule has 1 aromatic rings. The zero-order chi connectivity index (χ0) is 11.1. The number of rotatable bonds is 1. The zero-order valence-electron chi connectivity index (χ0n) is 8.37. The molecule has 78 valence electrons. The summed E-state index contributed by atoms with van der Waals surface area (Å²) in [5.41, 5.74) is 1.10. The standard InChI is InChI=1S/C11H11BrN2O/c1-11(15)6-14(7-11)9-3-2-8(5-13)10(12)4-9/h2-4,15H,6-7H2,1H3. The Morgan fingerprint density at radius 3 is 2.67 bits per heavy atom. The molecule has 0 atom stereocenters. The highest BCUT2D eigenvalue weighted by Gasteiger charge is 2.36. The number of β-amino-alcohol motifs (C(OH)–C–C–N with tert-alkyl or cyclic N) is 1. The molecular formula is C11H11BrN2O. The number of hydrogen-bond donors (Lipinski definition) is 1. The van der Waals surface area contributed by atoms with E-state index in [0.717, 1.165) is 10.2 Å². The van der Waals surface area contributed by atoms with E-state index in [0.29, 0.717) is 18.7 Å². The van der Waals surface area contributed by atoms with Crippen molar-refractivity contribution in [3.63, 3.8) is 0 Å². The highest BCUT2D eigenvalue weighted by molar-refractivity contribution is 9.10. The summed E-state index contributed by atoms with van der Waals surface area (Å²) in [4.78, 5) is 2.08. The van der Waals surface area contributed by atoms with Gasteiger partial charge in [0, 0.05) is 23.2 Å². The van der Waals surface area contributed by atoms with Gasteiger partial charge in [-0.2, -0.15) is 5.26 Å². The highest BCUT2D eigenvalue weighted by Crippen LogP contribution is 2.30. The molecule has 1 heterocycles. The first-order valence-electron chi connectivity index (χ1n) is 4.69. The van der Waals surface area contributed by atoms with E-state index in [2.05, 4.69) is 26.9 Å². The fraction of sp³-hybridized carbons (Fsp3) is 0.364. The second-order valence-electron chi connectivity index (χ2n) is 4.13. The summed E-state index contributed by atoms with van der Waals surface area (Å²) >= 11 is 3.35. The van der Waals surface area contributed by atoms with Crippen LogP contribution in [0.3, 0.4) is 0 Å². The van der Waals surface area contributed by atoms with Crippen LogP contribution in [-0.2, 0) is 0 Å². The number of hydrogen-bond acceptors (Lipinski definition) is 3. The second kappa shape index (κ2) is 3.51. The first-order chi connectivity index (χ1) is 7.02. The molecule has 2 rings (SSSR count). The van der Waals surface area contributed by atoms with Crippen molar-refractivity contribution in [3.8, 4) is 6.07 Å². The Morgan fingerprint density at radius 2 is 2.20 bits per heavy atom. The fourth-order valence-corrected chi connectivity index (χ4v) is 2.21. The van der Waals surface area contributed by atoms with Crippen LogP contribution in [0.2, 0.25) is 0 Å². The molecule has 0 amide bonds. The van der Waals surface area contributed by atoms with Gasteiger partial charge in [0.25, 0.3) is 0 Å². The molecule has 1 saturated heterocycles. The summed E-state index contributed by atoms with van der Waals surface area (Å²) in [7, 11) is 0. The predicted octanol–water partition coefficient (Wildman–Crippen LogP) is 1.89. The molecule has 0 aromatic heterocycles. The van der Waals surface area contributed by atoms with Crippen LogP contribution in [0.15, 0.2) is 22.7 Å². The van der Waals surface area contributed by atoms with Gasteiger partial charge >= 0.3 is 0 Å². The summed E-state index contributed by atoms with van der Waals surface area (Å²) < 4.78 is 0.800. The Bertz CT molecular complexity index is 429. The smallest absolute Gasteiger partial charge is 0.100 e. The molecule has 0 saturated carbocycles. The lowest BCUT2D eigenvalue weighted by atomic mass is 9.96. The highest BCUT2D eigenvalue weighted by atomic mass is 79.9. The molecule has 1 aliphatic rings. The SMILES string of the molecule is CC1(O)CN(c2ccc(C#N)c(Br)c2)C1. The molecule has 0 spiro atoms. The second-order valence-corrected chi connectivity index (χ2v) is 4.98. The van der Waals surface area contributed by atoms with Gasteiger partial charge in [-0.05, 0) is 41.1 Å². The van der Waals surface area contributed by atoms with Crippen molar-refractivity contribution in [1.82, 2.24) is 0 Å². The number of nitrogens with zero attached hydrogens (tertiary/aromatic N) is 2. The minimum absolute atomic E-state index is 0.569. The summed E-state index contributed by atoms with van der Waals surface area (Å²) in [5.74, 6) is 0. The van der Waals surface area contributed by atoms with Gasteiger partial charge in [0.1, 0.15) is 6.07 Å². The quantitative estimate of drug-likeness (QED) is 0.845. The minimum atomic E-state index is -0.569. The largest absolute Gasteiger partial charge is 0.386 e. The third-order valence-corrected chi connectivity index (χ3v) is 3.16. The Hall–Kier alpha value is -1.05. The molecule has 0 radical (unpaired) electrons. The van der Waals surface area contributed by atoms with Crippen LogP contribution in [0.1, 0.15) is 12.5 Å². The lowest BCUT2D eigenvalue weighted by Gasteiger charge is -2.45. The Labute approximate surface area is 97.1 Å². The van der Waals surface area contributed by atoms with Gasteiger partial charge in [-0.15, -0.1) is 0 Å². The number of nitriles is 1. The first-order valence-corrected chi connectivity index (χ1v) is 5.48. The summed E-state index contributed by atoms with van der Waals surface area (Å²) in [6.07, 6.45) is 0. The van der Waals surface area contributed by atoms with E-state index in [-0.39, 0.29) is 0 Å². The van der Waals surface area contributed by atoms with Crippen molar-refractivity contribution in [2.75, 3.05) is 18.0 Å². The van der Waals surface area contributed by atoms with E-state index in [4.69, 9.17) is 5.26 Å². The van der Waals surface area contributed by atoms with Crippen LogP contribution in [0, 0.1) is 11.3 Å². The molecule has 4 heteroatoms. The number of halogens is 1. The summed E-state index contributed by atoms with van der Waals surface area (Å²) in [6.45, 7) is 3.11. The van der Waals surface area contributed by atoms with Crippen molar-refractivity contribution >= 4 is 21.6 Å². The van der Waals surface area contributed by atoms with E-state index in [9.17, 15) is 5.11 Å². The van der Waals surface area contributed by atoms with Gasteiger partial charge in [0.15, 0.2) is 0 Å². The third-order valence-electron chi connectivity index (χ3n) is 2.50. The van der Waals surface area contributed by atoms with Gasteiger partial charge in [0.05, 0.1) is 11.2 Å². The van der Waals surface area contributed by atoms with E-state index in [1.807, 2.05) is 19.1 Å². The van der Waals surface area contributed by atoms with Crippen LogP contribution < -0.4 is 4.90 Å². The van der Waals surface area contributed by atoms with Gasteiger partial charge in [-0.25, -0.2) is 0 Å². The topological polar surface area (TPSA) is 47.3 Å². The van der Waals surface area contributed by atoms with Crippen molar-refractivity contribution in [3.05, 3.63) is 28.2 Å². The van der Waals surface area contributed by atoms with Gasteiger partial charge in [0.2, 0.25) is 0 Å². The molecule has 1 N–H and O–H groups in total. The lowest BCUT2D eigenvalue weighted by Crippen LogP contribution is -2.60. The van der Waals surface area contributed by atoms with Gasteiger partial charge < -0.3 is 10.0 Å². The Kier molecular flexibility index (Phi) is 2.45. The maximum absolute atomic E-state index is 9.61. The molecule has 1 fully saturated rings. The molecular weight excluding hydrogens is 256 g/mol. The molecule has 0 unspecified atom stereocenters. The van der Waals surface area contributed by atoms with Crippen LogP contribution in [0.5, 0.6) is 0 Å². The van der Waals surface area contributed by atoms with Crippen LogP contribution in [0.4, 0.5) is 5.69 Å². The van der Waals surface area contributed by atoms with Gasteiger partial charge in [-0.1, -0.05) is 0 Å². The normalized spacial score (nSPS) is 18.1. The van der Waals surface area contributed by atoms with Crippen molar-refractivity contribution in [2.45, 2.75) is 12.5 Å². The average Bonchev–Trinajstić information content (AvgIpc) is 2.14. The number of benzene rings is 1. The maximum Gasteiger partial charge on any atom is 0.100 e. The lowest BCUT2D eigenvalue weighted by molar-refractivity contribution is 0.0310. The Balaban J connectivity index is 2.19. The summed E-state index contributed by atoms with van der Waals surface area (Å²) in [5, 5.41) is 18.4. The maximum atomic E-state index is 9.61. The Morgan fingerprint density at radius 1 is 1.53 bits per heavy atom. The van der Waals surface area contributed by atoms with E-state index in [1.54, 1.807) is 6.07 Å². The number of anilines is 1. The molecule has 1 aliphatic heterocycles. The summed E-state index contributed by atoms with van der Waals surface area (Å²) in [6, 6.07) is 7.69. The van der Waals surface area contributed by atoms with E-state index >= 15 is 0 Å². The van der Waals surface area contributed by atoms with Crippen molar-refractivity contribution in [1.29, 1.82) is 5.26 Å².